The number of aromatic nitrogens is 2. The van der Waals surface area contributed by atoms with Crippen molar-refractivity contribution in [2.75, 3.05) is 0 Å². The topological polar surface area (TPSA) is 88.5 Å². The van der Waals surface area contributed by atoms with Gasteiger partial charge in [-0.3, -0.25) is 4.57 Å². The molecule has 1 saturated carbocycles. The summed E-state index contributed by atoms with van der Waals surface area (Å²) in [5, 5.41) is 0.622. The number of rotatable bonds is 4. The minimum absolute atomic E-state index is 0.344. The number of halogens is 1. The van der Waals surface area contributed by atoms with Crippen LogP contribution >= 0.6 is 19.2 Å². The lowest BCUT2D eigenvalue weighted by atomic mass is 10.3. The van der Waals surface area contributed by atoms with Crippen LogP contribution in [0.15, 0.2) is 34.7 Å². The van der Waals surface area contributed by atoms with Crippen LogP contribution in [0.3, 0.4) is 0 Å². The van der Waals surface area contributed by atoms with Gasteiger partial charge in [0.15, 0.2) is 11.6 Å². The molecule has 8 heteroatoms. The molecule has 2 aromatic heterocycles. The lowest BCUT2D eigenvalue weighted by Crippen LogP contribution is -2.02. The van der Waals surface area contributed by atoms with Crippen molar-refractivity contribution in [3.63, 3.8) is 0 Å². The molecule has 0 bridgehead atoms. The Labute approximate surface area is 136 Å². The molecule has 1 aliphatic rings. The van der Waals surface area contributed by atoms with Crippen molar-refractivity contribution >= 4 is 35.7 Å². The average Bonchev–Trinajstić information content (AvgIpc) is 3.02. The van der Waals surface area contributed by atoms with E-state index in [2.05, 4.69) is 4.98 Å². The fourth-order valence-electron chi connectivity index (χ4n) is 2.63. The van der Waals surface area contributed by atoms with E-state index < -0.39 is 7.60 Å². The third kappa shape index (κ3) is 2.83. The number of nitrogens with zero attached hydrogens (tertiary/aromatic N) is 2. The van der Waals surface area contributed by atoms with E-state index in [1.165, 1.54) is 18.9 Å². The third-order valence-corrected chi connectivity index (χ3v) is 5.00. The number of hydrogen-bond donors (Lipinski definition) is 2. The monoisotopic (exact) mass is 352 g/mol. The van der Waals surface area contributed by atoms with Gasteiger partial charge in [0.2, 0.25) is 5.50 Å². The summed E-state index contributed by atoms with van der Waals surface area (Å²) >= 11 is 6.09. The Morgan fingerprint density at radius 2 is 2.09 bits per heavy atom. The van der Waals surface area contributed by atoms with Gasteiger partial charge >= 0.3 is 7.60 Å². The Balaban J connectivity index is 1.88. The first-order valence-corrected chi connectivity index (χ1v) is 9.23. The quantitative estimate of drug-likeness (QED) is 0.704. The SMILES string of the molecule is O=P(O)(O)c1ccc(-c2nc3ccc(Cl)cc3n2CC2CC2)o1. The van der Waals surface area contributed by atoms with E-state index in [-0.39, 0.29) is 5.50 Å². The number of hydrogen-bond acceptors (Lipinski definition) is 3. The van der Waals surface area contributed by atoms with Gasteiger partial charge in [0.05, 0.1) is 11.0 Å². The fraction of sp³-hybridized carbons (Fsp3) is 0.267. The van der Waals surface area contributed by atoms with Crippen molar-refractivity contribution in [3.05, 3.63) is 35.4 Å². The van der Waals surface area contributed by atoms with E-state index >= 15 is 0 Å². The van der Waals surface area contributed by atoms with Crippen molar-refractivity contribution in [2.24, 2.45) is 5.92 Å². The molecule has 0 aliphatic heterocycles. The molecule has 23 heavy (non-hydrogen) atoms. The highest BCUT2D eigenvalue weighted by Gasteiger charge is 2.27. The number of furan rings is 1. The predicted octanol–water partition coefficient (Wildman–Crippen LogP) is 3.16. The second-order valence-corrected chi connectivity index (χ2v) is 7.77. The highest BCUT2D eigenvalue weighted by molar-refractivity contribution is 7.59. The lowest BCUT2D eigenvalue weighted by molar-refractivity contribution is 0.377. The van der Waals surface area contributed by atoms with Gasteiger partial charge in [-0.05, 0) is 49.1 Å². The summed E-state index contributed by atoms with van der Waals surface area (Å²) in [5.74, 6) is 1.51. The second kappa shape index (κ2) is 5.21. The average molecular weight is 353 g/mol. The largest absolute Gasteiger partial charge is 0.445 e. The van der Waals surface area contributed by atoms with E-state index in [1.54, 1.807) is 12.1 Å². The molecule has 1 aliphatic carbocycles. The molecule has 0 atom stereocenters. The number of benzene rings is 1. The van der Waals surface area contributed by atoms with Gasteiger partial charge in [-0.1, -0.05) is 11.6 Å². The molecule has 3 aromatic rings. The van der Waals surface area contributed by atoms with Crippen molar-refractivity contribution in [3.8, 4) is 11.6 Å². The highest BCUT2D eigenvalue weighted by Crippen LogP contribution is 2.38. The minimum atomic E-state index is -4.42. The summed E-state index contributed by atoms with van der Waals surface area (Å²) in [6.07, 6.45) is 2.34. The van der Waals surface area contributed by atoms with Crippen LogP contribution in [0, 0.1) is 5.92 Å². The van der Waals surface area contributed by atoms with Crippen molar-refractivity contribution in [2.45, 2.75) is 19.4 Å². The molecule has 1 fully saturated rings. The predicted molar refractivity (Wildman–Crippen MR) is 86.8 cm³/mol. The third-order valence-electron chi connectivity index (χ3n) is 3.95. The smallest absolute Gasteiger partial charge is 0.391 e. The van der Waals surface area contributed by atoms with Gasteiger partial charge < -0.3 is 18.8 Å². The number of imidazole rings is 1. The first-order chi connectivity index (χ1) is 10.9. The molecule has 2 heterocycles. The van der Waals surface area contributed by atoms with Crippen LogP contribution in [0.25, 0.3) is 22.6 Å². The summed E-state index contributed by atoms with van der Waals surface area (Å²) in [4.78, 5) is 23.0. The van der Waals surface area contributed by atoms with E-state index in [0.29, 0.717) is 22.5 Å². The molecule has 0 amide bonds. The zero-order valence-corrected chi connectivity index (χ0v) is 13.7. The molecular formula is C15H14ClN2O4P. The summed E-state index contributed by atoms with van der Waals surface area (Å²) in [7, 11) is -4.42. The van der Waals surface area contributed by atoms with E-state index in [9.17, 15) is 14.4 Å². The van der Waals surface area contributed by atoms with Gasteiger partial charge in [-0.25, -0.2) is 4.98 Å². The van der Waals surface area contributed by atoms with Crippen LogP contribution in [0.5, 0.6) is 0 Å². The molecule has 0 spiro atoms. The Morgan fingerprint density at radius 1 is 1.30 bits per heavy atom. The maximum atomic E-state index is 11.3. The van der Waals surface area contributed by atoms with Crippen LogP contribution in [0.1, 0.15) is 12.8 Å². The molecule has 1 aromatic carbocycles. The van der Waals surface area contributed by atoms with E-state index in [0.717, 1.165) is 17.6 Å². The van der Waals surface area contributed by atoms with Crippen molar-refractivity contribution < 1.29 is 18.8 Å². The minimum Gasteiger partial charge on any atom is -0.445 e. The molecule has 4 rings (SSSR count). The summed E-state index contributed by atoms with van der Waals surface area (Å²) in [6, 6.07) is 8.29. The summed E-state index contributed by atoms with van der Waals surface area (Å²) in [6.45, 7) is 0.790. The molecule has 6 nitrogen and oxygen atoms in total. The fourth-order valence-corrected chi connectivity index (χ4v) is 3.28. The molecule has 2 N–H and O–H groups in total. The Bertz CT molecular complexity index is 938. The normalized spacial score (nSPS) is 15.4. The summed E-state index contributed by atoms with van der Waals surface area (Å²) < 4.78 is 18.7. The van der Waals surface area contributed by atoms with E-state index in [4.69, 9.17) is 16.0 Å². The molecule has 120 valence electrons. The maximum absolute atomic E-state index is 11.3. The van der Waals surface area contributed by atoms with Gasteiger partial charge in [-0.15, -0.1) is 0 Å². The summed E-state index contributed by atoms with van der Waals surface area (Å²) in [5.41, 5.74) is 1.32. The second-order valence-electron chi connectivity index (χ2n) is 5.80. The zero-order chi connectivity index (χ0) is 16.2. The van der Waals surface area contributed by atoms with Crippen LogP contribution in [0.4, 0.5) is 0 Å². The van der Waals surface area contributed by atoms with Gasteiger partial charge in [-0.2, -0.15) is 0 Å². The van der Waals surface area contributed by atoms with Crippen LogP contribution in [-0.2, 0) is 11.1 Å². The molecule has 0 radical (unpaired) electrons. The Hall–Kier alpha value is -1.59. The van der Waals surface area contributed by atoms with Crippen LogP contribution < -0.4 is 5.50 Å². The molecular weight excluding hydrogens is 339 g/mol. The van der Waals surface area contributed by atoms with Gasteiger partial charge in [0, 0.05) is 11.6 Å². The van der Waals surface area contributed by atoms with Gasteiger partial charge in [0.25, 0.3) is 0 Å². The standard InChI is InChI=1S/C15H14ClN2O4P/c16-10-3-4-11-12(7-10)18(8-9-1-2-9)15(17-11)13-5-6-14(22-13)23(19,20)21/h3-7,9H,1-2,8H2,(H2,19,20,21). The Kier molecular flexibility index (Phi) is 3.39. The van der Waals surface area contributed by atoms with Gasteiger partial charge in [0.1, 0.15) is 0 Å². The first kappa shape index (κ1) is 15.0. The van der Waals surface area contributed by atoms with Crippen molar-refractivity contribution in [1.82, 2.24) is 9.55 Å². The lowest BCUT2D eigenvalue weighted by Gasteiger charge is -2.07. The van der Waals surface area contributed by atoms with Crippen LogP contribution in [0.2, 0.25) is 5.02 Å². The zero-order valence-electron chi connectivity index (χ0n) is 12.0. The first-order valence-electron chi connectivity index (χ1n) is 7.24. The maximum Gasteiger partial charge on any atom is 0.391 e. The van der Waals surface area contributed by atoms with Crippen molar-refractivity contribution in [1.29, 1.82) is 0 Å². The van der Waals surface area contributed by atoms with Crippen LogP contribution in [-0.4, -0.2) is 19.3 Å². The van der Waals surface area contributed by atoms with E-state index in [1.807, 2.05) is 16.7 Å². The number of fused-ring (bicyclic) bond motifs is 1. The molecule has 0 saturated heterocycles. The Morgan fingerprint density at radius 3 is 2.74 bits per heavy atom. The highest BCUT2D eigenvalue weighted by atomic mass is 35.5. The molecule has 0 unspecified atom stereocenters.